The first kappa shape index (κ1) is 14.0. The first-order chi connectivity index (χ1) is 10.2. The van der Waals surface area contributed by atoms with Crippen LogP contribution in [0.5, 0.6) is 0 Å². The van der Waals surface area contributed by atoms with Crippen molar-refractivity contribution in [1.82, 2.24) is 20.6 Å². The molecule has 0 saturated carbocycles. The van der Waals surface area contributed by atoms with Gasteiger partial charge in [-0.1, -0.05) is 24.3 Å². The zero-order chi connectivity index (χ0) is 14.7. The van der Waals surface area contributed by atoms with E-state index in [2.05, 4.69) is 79.7 Å². The van der Waals surface area contributed by atoms with Crippen molar-refractivity contribution in [3.63, 3.8) is 0 Å². The van der Waals surface area contributed by atoms with E-state index in [0.717, 1.165) is 11.3 Å². The second kappa shape index (κ2) is 6.21. The number of nitrogens with one attached hydrogen (secondary N) is 2. The maximum atomic E-state index is 4.00. The van der Waals surface area contributed by atoms with Crippen molar-refractivity contribution in [1.29, 1.82) is 0 Å². The van der Waals surface area contributed by atoms with Crippen LogP contribution in [0.4, 0.5) is 5.69 Å². The number of aromatic nitrogens is 4. The fraction of sp³-hybridized carbons (Fsp3) is 0.133. The third kappa shape index (κ3) is 3.38. The highest BCUT2D eigenvalue weighted by molar-refractivity contribution is 14.1. The van der Waals surface area contributed by atoms with Crippen molar-refractivity contribution in [2.45, 2.75) is 13.0 Å². The minimum absolute atomic E-state index is 0.225. The number of nitrogens with zero attached hydrogens (tertiary/aromatic N) is 3. The van der Waals surface area contributed by atoms with Crippen molar-refractivity contribution in [2.24, 2.45) is 0 Å². The van der Waals surface area contributed by atoms with Gasteiger partial charge in [0.2, 0.25) is 5.82 Å². The molecule has 3 aromatic rings. The van der Waals surface area contributed by atoms with Crippen LogP contribution in [-0.2, 0) is 0 Å². The van der Waals surface area contributed by atoms with Gasteiger partial charge < -0.3 is 5.32 Å². The molecule has 1 unspecified atom stereocenters. The lowest BCUT2D eigenvalue weighted by Crippen LogP contribution is -2.06. The summed E-state index contributed by atoms with van der Waals surface area (Å²) in [5.41, 5.74) is 3.22. The Morgan fingerprint density at radius 2 is 1.95 bits per heavy atom. The number of benzene rings is 2. The number of hydrogen-bond donors (Lipinski definition) is 2. The summed E-state index contributed by atoms with van der Waals surface area (Å²) in [5, 5.41) is 17.5. The Morgan fingerprint density at radius 3 is 2.67 bits per heavy atom. The highest BCUT2D eigenvalue weighted by atomic mass is 127. The normalized spacial score (nSPS) is 12.1. The molecule has 0 saturated heterocycles. The maximum absolute atomic E-state index is 4.00. The fourth-order valence-corrected chi connectivity index (χ4v) is 2.48. The van der Waals surface area contributed by atoms with E-state index in [-0.39, 0.29) is 6.04 Å². The predicted octanol–water partition coefficient (Wildman–Crippen LogP) is 3.64. The van der Waals surface area contributed by atoms with Crippen molar-refractivity contribution in [3.05, 3.63) is 57.7 Å². The molecular formula is C15H14IN5. The van der Waals surface area contributed by atoms with Crippen molar-refractivity contribution >= 4 is 28.3 Å². The quantitative estimate of drug-likeness (QED) is 0.667. The van der Waals surface area contributed by atoms with E-state index >= 15 is 0 Å². The molecule has 0 bridgehead atoms. The largest absolute Gasteiger partial charge is 0.379 e. The monoisotopic (exact) mass is 391 g/mol. The Kier molecular flexibility index (Phi) is 4.14. The smallest absolute Gasteiger partial charge is 0.204 e. The van der Waals surface area contributed by atoms with E-state index in [1.165, 1.54) is 9.13 Å². The van der Waals surface area contributed by atoms with Gasteiger partial charge in [-0.05, 0) is 64.6 Å². The Morgan fingerprint density at radius 1 is 1.14 bits per heavy atom. The number of tetrazole rings is 1. The maximum Gasteiger partial charge on any atom is 0.204 e. The van der Waals surface area contributed by atoms with E-state index in [1.54, 1.807) is 0 Å². The van der Waals surface area contributed by atoms with Crippen molar-refractivity contribution < 1.29 is 0 Å². The summed E-state index contributed by atoms with van der Waals surface area (Å²) in [6.07, 6.45) is 0. The van der Waals surface area contributed by atoms with Gasteiger partial charge in [0, 0.05) is 20.9 Å². The molecule has 2 N–H and O–H groups in total. The van der Waals surface area contributed by atoms with Gasteiger partial charge in [0.15, 0.2) is 0 Å². The number of H-pyrrole nitrogens is 1. The van der Waals surface area contributed by atoms with Crippen molar-refractivity contribution in [2.75, 3.05) is 5.32 Å². The Balaban J connectivity index is 1.78. The summed E-state index contributed by atoms with van der Waals surface area (Å²) in [6, 6.07) is 16.7. The van der Waals surface area contributed by atoms with E-state index in [0.29, 0.717) is 5.82 Å². The van der Waals surface area contributed by atoms with Gasteiger partial charge in [0.25, 0.3) is 0 Å². The van der Waals surface area contributed by atoms with Crippen LogP contribution >= 0.6 is 22.6 Å². The molecule has 6 heteroatoms. The van der Waals surface area contributed by atoms with Gasteiger partial charge in [0.1, 0.15) is 0 Å². The first-order valence-electron chi connectivity index (χ1n) is 6.58. The summed E-state index contributed by atoms with van der Waals surface area (Å²) in [7, 11) is 0. The summed E-state index contributed by atoms with van der Waals surface area (Å²) >= 11 is 2.31. The van der Waals surface area contributed by atoms with Gasteiger partial charge >= 0.3 is 0 Å². The summed E-state index contributed by atoms with van der Waals surface area (Å²) in [5.74, 6) is 0.598. The van der Waals surface area contributed by atoms with Crippen LogP contribution in [0.3, 0.4) is 0 Å². The van der Waals surface area contributed by atoms with Crippen LogP contribution in [0.1, 0.15) is 18.5 Å². The number of halogens is 1. The predicted molar refractivity (Wildman–Crippen MR) is 90.8 cm³/mol. The van der Waals surface area contributed by atoms with E-state index in [4.69, 9.17) is 0 Å². The van der Waals surface area contributed by atoms with Gasteiger partial charge in [-0.15, -0.1) is 10.2 Å². The highest BCUT2D eigenvalue weighted by Gasteiger charge is 2.07. The molecule has 0 aliphatic heterocycles. The number of aromatic amines is 1. The molecule has 21 heavy (non-hydrogen) atoms. The molecule has 0 aliphatic carbocycles. The second-order valence-electron chi connectivity index (χ2n) is 4.73. The molecular weight excluding hydrogens is 377 g/mol. The average molecular weight is 391 g/mol. The lowest BCUT2D eigenvalue weighted by Gasteiger charge is -2.16. The van der Waals surface area contributed by atoms with E-state index in [1.807, 2.05) is 24.3 Å². The molecule has 1 atom stereocenters. The van der Waals surface area contributed by atoms with Crippen LogP contribution in [-0.4, -0.2) is 20.6 Å². The molecule has 1 heterocycles. The van der Waals surface area contributed by atoms with Crippen LogP contribution in [0.2, 0.25) is 0 Å². The number of rotatable bonds is 4. The lowest BCUT2D eigenvalue weighted by atomic mass is 10.1. The van der Waals surface area contributed by atoms with Crippen LogP contribution in [0.15, 0.2) is 48.5 Å². The molecule has 2 aromatic carbocycles. The molecule has 1 aromatic heterocycles. The first-order valence-corrected chi connectivity index (χ1v) is 7.66. The van der Waals surface area contributed by atoms with E-state index < -0.39 is 0 Å². The Hall–Kier alpha value is -1.96. The van der Waals surface area contributed by atoms with Crippen molar-refractivity contribution in [3.8, 4) is 11.4 Å². The number of anilines is 1. The molecule has 0 radical (unpaired) electrons. The standard InChI is InChI=1S/C15H14IN5/c1-10(11-5-7-13(16)8-6-11)17-14-4-2-3-12(9-14)15-18-20-21-19-15/h2-10,17H,1H3,(H,18,19,20,21). The lowest BCUT2D eigenvalue weighted by molar-refractivity contribution is 0.881. The average Bonchev–Trinajstić information content (AvgIpc) is 3.02. The molecule has 0 amide bonds. The number of hydrogen-bond acceptors (Lipinski definition) is 4. The van der Waals surface area contributed by atoms with E-state index in [9.17, 15) is 0 Å². The fourth-order valence-electron chi connectivity index (χ4n) is 2.12. The van der Waals surface area contributed by atoms with Gasteiger partial charge in [-0.2, -0.15) is 5.21 Å². The van der Waals surface area contributed by atoms with Crippen LogP contribution in [0.25, 0.3) is 11.4 Å². The third-order valence-electron chi connectivity index (χ3n) is 3.22. The minimum atomic E-state index is 0.225. The zero-order valence-electron chi connectivity index (χ0n) is 11.4. The molecule has 0 spiro atoms. The molecule has 106 valence electrons. The van der Waals surface area contributed by atoms with Crippen LogP contribution in [0, 0.1) is 3.57 Å². The third-order valence-corrected chi connectivity index (χ3v) is 3.94. The molecule has 5 nitrogen and oxygen atoms in total. The summed E-state index contributed by atoms with van der Waals surface area (Å²) in [4.78, 5) is 0. The zero-order valence-corrected chi connectivity index (χ0v) is 13.6. The second-order valence-corrected chi connectivity index (χ2v) is 5.98. The van der Waals surface area contributed by atoms with Crippen LogP contribution < -0.4 is 5.32 Å². The SMILES string of the molecule is CC(Nc1cccc(-c2nn[nH]n2)c1)c1ccc(I)cc1. The molecule has 3 rings (SSSR count). The van der Waals surface area contributed by atoms with Gasteiger partial charge in [0.05, 0.1) is 0 Å². The highest BCUT2D eigenvalue weighted by Crippen LogP contribution is 2.23. The molecule has 0 aliphatic rings. The topological polar surface area (TPSA) is 66.5 Å². The summed E-state index contributed by atoms with van der Waals surface area (Å²) < 4.78 is 1.24. The summed E-state index contributed by atoms with van der Waals surface area (Å²) in [6.45, 7) is 2.14. The van der Waals surface area contributed by atoms with Gasteiger partial charge in [-0.3, -0.25) is 0 Å². The minimum Gasteiger partial charge on any atom is -0.379 e. The Bertz CT molecular complexity index is 709. The molecule has 0 fully saturated rings. The van der Waals surface area contributed by atoms with Gasteiger partial charge in [-0.25, -0.2) is 0 Å². The Labute approximate surface area is 136 Å².